The Kier molecular flexibility index (Phi) is 6.30. The van der Waals surface area contributed by atoms with Crippen molar-refractivity contribution in [3.8, 4) is 0 Å². The maximum atomic E-state index is 12.3. The minimum atomic E-state index is 0. The van der Waals surface area contributed by atoms with Crippen LogP contribution in [0.15, 0.2) is 6.07 Å². The van der Waals surface area contributed by atoms with Gasteiger partial charge in [0.25, 0.3) is 5.91 Å². The third-order valence-corrected chi connectivity index (χ3v) is 4.81. The number of hydrogen-bond donors (Lipinski definition) is 1. The number of nitrogens with zero attached hydrogens (tertiary/aromatic N) is 1. The number of nitrogens with one attached hydrogen (secondary N) is 1. The van der Waals surface area contributed by atoms with Crippen molar-refractivity contribution >= 4 is 29.7 Å². The molecule has 1 heterocycles. The van der Waals surface area contributed by atoms with Crippen LogP contribution < -0.4 is 5.32 Å². The lowest BCUT2D eigenvalue weighted by atomic mass is 9.90. The van der Waals surface area contributed by atoms with Crippen molar-refractivity contribution in [3.05, 3.63) is 21.4 Å². The smallest absolute Gasteiger partial charge is 0.263 e. The van der Waals surface area contributed by atoms with Gasteiger partial charge in [0.2, 0.25) is 0 Å². The van der Waals surface area contributed by atoms with Gasteiger partial charge in [-0.15, -0.1) is 23.7 Å². The van der Waals surface area contributed by atoms with Crippen molar-refractivity contribution in [1.29, 1.82) is 0 Å². The normalized spacial score (nSPS) is 17.5. The third-order valence-electron chi connectivity index (χ3n) is 3.58. The Hall–Kier alpha value is -0.580. The first-order chi connectivity index (χ1) is 8.61. The van der Waals surface area contributed by atoms with Crippen LogP contribution in [0.1, 0.15) is 33.5 Å². The SMILES string of the molecule is CNCCN(C)C(=O)c1cc2c(s1)CCC(C)C2.Cl. The van der Waals surface area contributed by atoms with Gasteiger partial charge in [-0.3, -0.25) is 4.79 Å². The summed E-state index contributed by atoms with van der Waals surface area (Å²) in [7, 11) is 3.78. The average molecular weight is 303 g/mol. The summed E-state index contributed by atoms with van der Waals surface area (Å²) in [4.78, 5) is 16.4. The van der Waals surface area contributed by atoms with Crippen LogP contribution in [0.25, 0.3) is 0 Å². The van der Waals surface area contributed by atoms with E-state index in [1.54, 1.807) is 16.2 Å². The lowest BCUT2D eigenvalue weighted by Crippen LogP contribution is -2.32. The Morgan fingerprint density at radius 3 is 3.00 bits per heavy atom. The zero-order chi connectivity index (χ0) is 13.1. The second-order valence-corrected chi connectivity index (χ2v) is 6.37. The maximum absolute atomic E-state index is 12.3. The van der Waals surface area contributed by atoms with Gasteiger partial charge in [0, 0.05) is 25.0 Å². The van der Waals surface area contributed by atoms with Crippen LogP contribution in [0.2, 0.25) is 0 Å². The molecule has 0 radical (unpaired) electrons. The molecule has 1 aliphatic rings. The molecule has 0 aliphatic heterocycles. The molecule has 3 nitrogen and oxygen atoms in total. The van der Waals surface area contributed by atoms with E-state index in [-0.39, 0.29) is 18.3 Å². The van der Waals surface area contributed by atoms with Gasteiger partial charge in [-0.25, -0.2) is 0 Å². The first kappa shape index (κ1) is 16.5. The number of carbonyl (C=O) groups is 1. The van der Waals surface area contributed by atoms with Crippen LogP contribution >= 0.6 is 23.7 Å². The Bertz CT molecular complexity index is 433. The largest absolute Gasteiger partial charge is 0.340 e. The molecule has 1 amide bonds. The van der Waals surface area contributed by atoms with Crippen molar-refractivity contribution in [2.45, 2.75) is 26.2 Å². The molecule has 1 unspecified atom stereocenters. The highest BCUT2D eigenvalue weighted by Crippen LogP contribution is 2.32. The number of likely N-dealkylation sites (N-methyl/N-ethyl adjacent to an activating group) is 2. The van der Waals surface area contributed by atoms with Crippen molar-refractivity contribution in [3.63, 3.8) is 0 Å². The second kappa shape index (κ2) is 7.27. The van der Waals surface area contributed by atoms with Gasteiger partial charge >= 0.3 is 0 Å². The first-order valence-corrected chi connectivity index (χ1v) is 7.45. The molecule has 0 saturated carbocycles. The number of aryl methyl sites for hydroxylation is 1. The number of thiophene rings is 1. The third kappa shape index (κ3) is 3.94. The molecule has 2 rings (SSSR count). The quantitative estimate of drug-likeness (QED) is 0.927. The molecular formula is C14H23ClN2OS. The minimum absolute atomic E-state index is 0. The fourth-order valence-corrected chi connectivity index (χ4v) is 3.58. The van der Waals surface area contributed by atoms with Gasteiger partial charge in [-0.1, -0.05) is 6.92 Å². The average Bonchev–Trinajstić information content (AvgIpc) is 2.77. The predicted octanol–water partition coefficient (Wildman–Crippen LogP) is 2.59. The van der Waals surface area contributed by atoms with E-state index >= 15 is 0 Å². The fourth-order valence-electron chi connectivity index (χ4n) is 2.38. The molecule has 0 saturated heterocycles. The summed E-state index contributed by atoms with van der Waals surface area (Å²) in [5.41, 5.74) is 1.41. The van der Waals surface area contributed by atoms with Gasteiger partial charge in [-0.2, -0.15) is 0 Å². The molecule has 0 bridgehead atoms. The van der Waals surface area contributed by atoms with E-state index in [9.17, 15) is 4.79 Å². The fraction of sp³-hybridized carbons (Fsp3) is 0.643. The highest BCUT2D eigenvalue weighted by molar-refractivity contribution is 7.14. The van der Waals surface area contributed by atoms with Crippen LogP contribution in [0, 0.1) is 5.92 Å². The van der Waals surface area contributed by atoms with Gasteiger partial charge in [-0.05, 0) is 43.9 Å². The highest BCUT2D eigenvalue weighted by Gasteiger charge is 2.21. The molecule has 0 fully saturated rings. The van der Waals surface area contributed by atoms with Gasteiger partial charge in [0.05, 0.1) is 4.88 Å². The van der Waals surface area contributed by atoms with E-state index in [1.807, 2.05) is 14.1 Å². The zero-order valence-electron chi connectivity index (χ0n) is 11.9. The zero-order valence-corrected chi connectivity index (χ0v) is 13.5. The van der Waals surface area contributed by atoms with Gasteiger partial charge in [0.15, 0.2) is 0 Å². The summed E-state index contributed by atoms with van der Waals surface area (Å²) in [6, 6.07) is 2.12. The summed E-state index contributed by atoms with van der Waals surface area (Å²) in [5, 5.41) is 3.07. The van der Waals surface area contributed by atoms with Gasteiger partial charge in [0.1, 0.15) is 0 Å². The second-order valence-electron chi connectivity index (χ2n) is 5.24. The summed E-state index contributed by atoms with van der Waals surface area (Å²) in [5.74, 6) is 0.925. The number of hydrogen-bond acceptors (Lipinski definition) is 3. The van der Waals surface area contributed by atoms with Crippen molar-refractivity contribution < 1.29 is 4.79 Å². The molecule has 1 N–H and O–H groups in total. The molecular weight excluding hydrogens is 280 g/mol. The van der Waals surface area contributed by atoms with Crippen LogP contribution in [0.3, 0.4) is 0 Å². The molecule has 0 spiro atoms. The highest BCUT2D eigenvalue weighted by atomic mass is 35.5. The van der Waals surface area contributed by atoms with E-state index < -0.39 is 0 Å². The van der Waals surface area contributed by atoms with Crippen LogP contribution in [0.4, 0.5) is 0 Å². The molecule has 108 valence electrons. The van der Waals surface area contributed by atoms with Crippen LogP contribution in [0.5, 0.6) is 0 Å². The molecule has 1 aliphatic carbocycles. The molecule has 5 heteroatoms. The minimum Gasteiger partial charge on any atom is -0.340 e. The Labute approximate surface area is 125 Å². The lowest BCUT2D eigenvalue weighted by Gasteiger charge is -2.16. The molecule has 1 aromatic rings. The molecule has 1 aromatic heterocycles. The topological polar surface area (TPSA) is 32.3 Å². The number of carbonyl (C=O) groups excluding carboxylic acids is 1. The van der Waals surface area contributed by atoms with E-state index in [4.69, 9.17) is 0 Å². The molecule has 1 atom stereocenters. The van der Waals surface area contributed by atoms with Crippen molar-refractivity contribution in [1.82, 2.24) is 10.2 Å². The Morgan fingerprint density at radius 2 is 2.32 bits per heavy atom. The van der Waals surface area contributed by atoms with Crippen LogP contribution in [-0.2, 0) is 12.8 Å². The molecule has 19 heavy (non-hydrogen) atoms. The maximum Gasteiger partial charge on any atom is 0.263 e. The number of halogens is 1. The number of fused-ring (bicyclic) bond motifs is 1. The standard InChI is InChI=1S/C14H22N2OS.ClH/c1-10-4-5-12-11(8-10)9-13(18-12)14(17)16(3)7-6-15-2;/h9-10,15H,4-8H2,1-3H3;1H. The Morgan fingerprint density at radius 1 is 1.58 bits per heavy atom. The van der Waals surface area contributed by atoms with E-state index in [1.165, 1.54) is 16.9 Å². The molecule has 0 aromatic carbocycles. The summed E-state index contributed by atoms with van der Waals surface area (Å²) < 4.78 is 0. The van der Waals surface area contributed by atoms with Crippen molar-refractivity contribution in [2.75, 3.05) is 27.2 Å². The first-order valence-electron chi connectivity index (χ1n) is 6.63. The lowest BCUT2D eigenvalue weighted by molar-refractivity contribution is 0.0801. The van der Waals surface area contributed by atoms with E-state index in [0.29, 0.717) is 0 Å². The Balaban J connectivity index is 0.00000180. The van der Waals surface area contributed by atoms with Crippen molar-refractivity contribution in [2.24, 2.45) is 5.92 Å². The van der Waals surface area contributed by atoms with E-state index in [2.05, 4.69) is 18.3 Å². The predicted molar refractivity (Wildman–Crippen MR) is 83.6 cm³/mol. The summed E-state index contributed by atoms with van der Waals surface area (Å²) in [6.07, 6.45) is 3.55. The monoisotopic (exact) mass is 302 g/mol. The number of amides is 1. The summed E-state index contributed by atoms with van der Waals surface area (Å²) in [6.45, 7) is 3.89. The van der Waals surface area contributed by atoms with Gasteiger partial charge < -0.3 is 10.2 Å². The van der Waals surface area contributed by atoms with E-state index in [0.717, 1.165) is 36.7 Å². The number of rotatable bonds is 4. The summed E-state index contributed by atoms with van der Waals surface area (Å²) >= 11 is 1.70. The van der Waals surface area contributed by atoms with Crippen LogP contribution in [-0.4, -0.2) is 38.0 Å².